The second-order valence-electron chi connectivity index (χ2n) is 6.50. The molecule has 0 radical (unpaired) electrons. The minimum absolute atomic E-state index is 0.126. The largest absolute Gasteiger partial charge is 0.497 e. The number of hydrogen-bond donors (Lipinski definition) is 1. The summed E-state index contributed by atoms with van der Waals surface area (Å²) < 4.78 is 6.71. The van der Waals surface area contributed by atoms with Crippen molar-refractivity contribution in [3.63, 3.8) is 0 Å². The molecule has 6 nitrogen and oxygen atoms in total. The van der Waals surface area contributed by atoms with Gasteiger partial charge in [0.2, 0.25) is 5.95 Å². The maximum atomic E-state index is 12.6. The molecule has 0 saturated heterocycles. The number of nitrogens with zero attached hydrogens (tertiary/aromatic N) is 3. The third kappa shape index (κ3) is 4.16. The number of ether oxygens (including phenoxy) is 1. The van der Waals surface area contributed by atoms with Crippen molar-refractivity contribution in [2.24, 2.45) is 12.1 Å². The first-order valence-electron chi connectivity index (χ1n) is 9.31. The highest BCUT2D eigenvalue weighted by molar-refractivity contribution is 7.10. The zero-order valence-electron chi connectivity index (χ0n) is 16.6. The lowest BCUT2D eigenvalue weighted by atomic mass is 10.1. The second kappa shape index (κ2) is 8.75. The van der Waals surface area contributed by atoms with Crippen LogP contribution >= 0.6 is 11.3 Å². The molecule has 4 rings (SSSR count). The van der Waals surface area contributed by atoms with E-state index < -0.39 is 0 Å². The van der Waals surface area contributed by atoms with Gasteiger partial charge in [0.05, 0.1) is 23.7 Å². The molecule has 0 atom stereocenters. The number of hydrazone groups is 1. The molecule has 2 heterocycles. The normalized spacial score (nSPS) is 11.9. The SMILES string of the molecule is COc1ccc(C(/C=C/c2cccs2)=N\Nc2nc3ccccc3c(=O)n2C)cc1. The maximum Gasteiger partial charge on any atom is 0.262 e. The molecule has 150 valence electrons. The lowest BCUT2D eigenvalue weighted by Crippen LogP contribution is -2.21. The van der Waals surface area contributed by atoms with Crippen LogP contribution in [0.4, 0.5) is 5.95 Å². The number of benzene rings is 2. The molecule has 0 fully saturated rings. The molecule has 0 amide bonds. The van der Waals surface area contributed by atoms with Crippen LogP contribution in [0.5, 0.6) is 5.75 Å². The van der Waals surface area contributed by atoms with Gasteiger partial charge < -0.3 is 4.74 Å². The van der Waals surface area contributed by atoms with Crippen LogP contribution in [0.25, 0.3) is 17.0 Å². The number of rotatable bonds is 6. The topological polar surface area (TPSA) is 68.5 Å². The third-order valence-electron chi connectivity index (χ3n) is 4.59. The lowest BCUT2D eigenvalue weighted by molar-refractivity contribution is 0.415. The fourth-order valence-electron chi connectivity index (χ4n) is 2.94. The fourth-order valence-corrected chi connectivity index (χ4v) is 3.55. The number of hydrogen-bond acceptors (Lipinski definition) is 6. The van der Waals surface area contributed by atoms with E-state index in [1.54, 1.807) is 31.6 Å². The Morgan fingerprint density at radius 3 is 2.67 bits per heavy atom. The second-order valence-corrected chi connectivity index (χ2v) is 7.48. The molecule has 1 N–H and O–H groups in total. The van der Waals surface area contributed by atoms with Gasteiger partial charge in [-0.2, -0.15) is 5.10 Å². The molecule has 0 aliphatic carbocycles. The summed E-state index contributed by atoms with van der Waals surface area (Å²) in [5.41, 5.74) is 5.07. The maximum absolute atomic E-state index is 12.6. The van der Waals surface area contributed by atoms with Gasteiger partial charge in [0, 0.05) is 17.5 Å². The smallest absolute Gasteiger partial charge is 0.262 e. The molecule has 2 aromatic carbocycles. The van der Waals surface area contributed by atoms with E-state index in [0.717, 1.165) is 16.2 Å². The van der Waals surface area contributed by atoms with Gasteiger partial charge in [-0.1, -0.05) is 18.2 Å². The van der Waals surface area contributed by atoms with Crippen molar-refractivity contribution in [2.45, 2.75) is 0 Å². The highest BCUT2D eigenvalue weighted by atomic mass is 32.1. The summed E-state index contributed by atoms with van der Waals surface area (Å²) in [5.74, 6) is 1.14. The molecular weight excluding hydrogens is 396 g/mol. The summed E-state index contributed by atoms with van der Waals surface area (Å²) in [4.78, 5) is 18.3. The Kier molecular flexibility index (Phi) is 5.72. The van der Waals surface area contributed by atoms with Gasteiger partial charge in [-0.05, 0) is 60.0 Å². The Morgan fingerprint density at radius 1 is 1.13 bits per heavy atom. The number of fused-ring (bicyclic) bond motifs is 1. The first-order chi connectivity index (χ1) is 14.7. The van der Waals surface area contributed by atoms with Gasteiger partial charge in [0.1, 0.15) is 5.75 Å². The molecule has 7 heteroatoms. The minimum atomic E-state index is -0.126. The van der Waals surface area contributed by atoms with E-state index in [1.165, 1.54) is 4.57 Å². The van der Waals surface area contributed by atoms with Gasteiger partial charge in [-0.25, -0.2) is 10.4 Å². The zero-order valence-corrected chi connectivity index (χ0v) is 17.4. The van der Waals surface area contributed by atoms with Crippen LogP contribution in [0.15, 0.2) is 82.0 Å². The number of para-hydroxylation sites is 1. The third-order valence-corrected chi connectivity index (χ3v) is 5.43. The van der Waals surface area contributed by atoms with E-state index in [4.69, 9.17) is 4.74 Å². The molecule has 4 aromatic rings. The number of methoxy groups -OCH3 is 1. The average Bonchev–Trinajstić information content (AvgIpc) is 3.31. The molecular formula is C23H20N4O2S. The predicted octanol–water partition coefficient (Wildman–Crippen LogP) is 4.53. The van der Waals surface area contributed by atoms with E-state index in [-0.39, 0.29) is 5.56 Å². The summed E-state index contributed by atoms with van der Waals surface area (Å²) >= 11 is 1.65. The number of aromatic nitrogens is 2. The lowest BCUT2D eigenvalue weighted by Gasteiger charge is -2.09. The highest BCUT2D eigenvalue weighted by Gasteiger charge is 2.08. The van der Waals surface area contributed by atoms with Gasteiger partial charge in [-0.3, -0.25) is 9.36 Å². The highest BCUT2D eigenvalue weighted by Crippen LogP contribution is 2.16. The van der Waals surface area contributed by atoms with Crippen molar-refractivity contribution in [2.75, 3.05) is 12.5 Å². The van der Waals surface area contributed by atoms with E-state index in [2.05, 4.69) is 15.5 Å². The molecule has 0 spiro atoms. The molecule has 0 bridgehead atoms. The molecule has 30 heavy (non-hydrogen) atoms. The fraction of sp³-hybridized carbons (Fsp3) is 0.0870. The molecule has 2 aromatic heterocycles. The number of allylic oxidation sites excluding steroid dienone is 1. The molecule has 0 aliphatic rings. The standard InChI is InChI=1S/C23H20N4O2S/c1-27-22(28)19-7-3-4-8-21(19)24-23(27)26-25-20(14-13-18-6-5-15-30-18)16-9-11-17(29-2)12-10-16/h3-15H,1-2H3,(H,24,26)/b14-13+,25-20-. The van der Waals surface area contributed by atoms with Crippen LogP contribution in [0.3, 0.4) is 0 Å². The van der Waals surface area contributed by atoms with Crippen molar-refractivity contribution >= 4 is 40.0 Å². The summed E-state index contributed by atoms with van der Waals surface area (Å²) in [6, 6.07) is 18.9. The van der Waals surface area contributed by atoms with Crippen LogP contribution in [-0.2, 0) is 7.05 Å². The first-order valence-corrected chi connectivity index (χ1v) is 10.2. The average molecular weight is 417 g/mol. The van der Waals surface area contributed by atoms with E-state index >= 15 is 0 Å². The van der Waals surface area contributed by atoms with Crippen LogP contribution in [0.2, 0.25) is 0 Å². The monoisotopic (exact) mass is 416 g/mol. The van der Waals surface area contributed by atoms with Crippen molar-refractivity contribution < 1.29 is 4.74 Å². The van der Waals surface area contributed by atoms with Crippen molar-refractivity contribution in [3.05, 3.63) is 92.9 Å². The predicted molar refractivity (Wildman–Crippen MR) is 123 cm³/mol. The van der Waals surface area contributed by atoms with Crippen LogP contribution < -0.4 is 15.7 Å². The molecule has 0 saturated carbocycles. The van der Waals surface area contributed by atoms with Crippen LogP contribution in [-0.4, -0.2) is 22.4 Å². The van der Waals surface area contributed by atoms with E-state index in [9.17, 15) is 4.79 Å². The van der Waals surface area contributed by atoms with Gasteiger partial charge in [-0.15, -0.1) is 11.3 Å². The van der Waals surface area contributed by atoms with Crippen molar-refractivity contribution in [3.8, 4) is 5.75 Å². The number of thiophene rings is 1. The quantitative estimate of drug-likeness (QED) is 0.370. The van der Waals surface area contributed by atoms with Crippen LogP contribution in [0, 0.1) is 0 Å². The minimum Gasteiger partial charge on any atom is -0.497 e. The Labute approximate surface area is 177 Å². The van der Waals surface area contributed by atoms with Crippen molar-refractivity contribution in [1.29, 1.82) is 0 Å². The Hall–Kier alpha value is -3.71. The van der Waals surface area contributed by atoms with E-state index in [0.29, 0.717) is 22.6 Å². The van der Waals surface area contributed by atoms with Gasteiger partial charge in [0.15, 0.2) is 0 Å². The zero-order chi connectivity index (χ0) is 20.9. The number of anilines is 1. The molecule has 0 aliphatic heterocycles. The van der Waals surface area contributed by atoms with Gasteiger partial charge in [0.25, 0.3) is 5.56 Å². The van der Waals surface area contributed by atoms with Gasteiger partial charge >= 0.3 is 0 Å². The summed E-state index contributed by atoms with van der Waals surface area (Å²) in [6.07, 6.45) is 3.93. The Morgan fingerprint density at radius 2 is 1.93 bits per heavy atom. The molecule has 0 unspecified atom stereocenters. The Bertz CT molecular complexity index is 1270. The first kappa shape index (κ1) is 19.6. The summed E-state index contributed by atoms with van der Waals surface area (Å²) in [5, 5.41) is 7.15. The van der Waals surface area contributed by atoms with Crippen molar-refractivity contribution in [1.82, 2.24) is 9.55 Å². The number of nitrogens with one attached hydrogen (secondary N) is 1. The van der Waals surface area contributed by atoms with Crippen LogP contribution in [0.1, 0.15) is 10.4 Å². The van der Waals surface area contributed by atoms with E-state index in [1.807, 2.05) is 72.1 Å². The summed E-state index contributed by atoms with van der Waals surface area (Å²) in [6.45, 7) is 0. The summed E-state index contributed by atoms with van der Waals surface area (Å²) in [7, 11) is 3.31. The Balaban J connectivity index is 1.72.